The Morgan fingerprint density at radius 1 is 1.16 bits per heavy atom. The van der Waals surface area contributed by atoms with E-state index in [-0.39, 0.29) is 11.4 Å². The van der Waals surface area contributed by atoms with Gasteiger partial charge in [0.25, 0.3) is 0 Å². The average molecular weight is 285 g/mol. The molecular formula is C13H21ClN4O. The molecule has 1 aliphatic heterocycles. The zero-order valence-electron chi connectivity index (χ0n) is 11.9. The smallest absolute Gasteiger partial charge is 0.322 e. The molecule has 0 saturated carbocycles. The minimum Gasteiger partial charge on any atom is -0.461 e. The summed E-state index contributed by atoms with van der Waals surface area (Å²) < 4.78 is 5.51. The molecule has 0 amide bonds. The summed E-state index contributed by atoms with van der Waals surface area (Å²) in [5.74, 6) is 1.89. The van der Waals surface area contributed by atoms with Gasteiger partial charge in [0.15, 0.2) is 0 Å². The van der Waals surface area contributed by atoms with Crippen molar-refractivity contribution in [3.05, 3.63) is 5.28 Å². The number of nitrogens with zero attached hydrogens (tertiary/aromatic N) is 4. The van der Waals surface area contributed by atoms with E-state index in [9.17, 15) is 0 Å². The monoisotopic (exact) mass is 284 g/mol. The number of aromatic nitrogens is 3. The van der Waals surface area contributed by atoms with Crippen LogP contribution in [0.25, 0.3) is 0 Å². The van der Waals surface area contributed by atoms with E-state index in [4.69, 9.17) is 16.3 Å². The molecule has 2 rings (SSSR count). The first-order valence-corrected chi connectivity index (χ1v) is 7.15. The van der Waals surface area contributed by atoms with E-state index in [1.807, 2.05) is 13.8 Å². The lowest BCUT2D eigenvalue weighted by Gasteiger charge is -2.34. The first-order chi connectivity index (χ1) is 8.94. The first kappa shape index (κ1) is 14.3. The van der Waals surface area contributed by atoms with E-state index in [0.29, 0.717) is 23.8 Å². The summed E-state index contributed by atoms with van der Waals surface area (Å²) in [6.45, 7) is 10.3. The van der Waals surface area contributed by atoms with E-state index in [0.717, 1.165) is 13.1 Å². The summed E-state index contributed by atoms with van der Waals surface area (Å²) in [6, 6.07) is 0.302. The molecular weight excluding hydrogens is 264 g/mol. The number of piperidine rings is 1. The Balaban J connectivity index is 2.21. The van der Waals surface area contributed by atoms with Crippen LogP contribution in [0.5, 0.6) is 6.01 Å². The topological polar surface area (TPSA) is 51.1 Å². The highest BCUT2D eigenvalue weighted by Gasteiger charge is 2.24. The van der Waals surface area contributed by atoms with Crippen LogP contribution >= 0.6 is 11.6 Å². The van der Waals surface area contributed by atoms with Gasteiger partial charge in [-0.05, 0) is 43.7 Å². The van der Waals surface area contributed by atoms with Gasteiger partial charge in [-0.3, -0.25) is 0 Å². The Morgan fingerprint density at radius 2 is 1.79 bits per heavy atom. The highest BCUT2D eigenvalue weighted by Crippen LogP contribution is 2.25. The third kappa shape index (κ3) is 3.93. The zero-order chi connectivity index (χ0) is 14.0. The van der Waals surface area contributed by atoms with Crippen molar-refractivity contribution in [3.63, 3.8) is 0 Å². The van der Waals surface area contributed by atoms with Crippen LogP contribution in [-0.4, -0.2) is 34.1 Å². The second-order valence-electron chi connectivity index (χ2n) is 5.70. The minimum atomic E-state index is 0.0190. The summed E-state index contributed by atoms with van der Waals surface area (Å²) in [4.78, 5) is 14.8. The van der Waals surface area contributed by atoms with E-state index in [2.05, 4.69) is 33.7 Å². The third-order valence-electron chi connectivity index (χ3n) is 3.07. The molecule has 0 aromatic carbocycles. The van der Waals surface area contributed by atoms with Crippen LogP contribution in [0.15, 0.2) is 0 Å². The first-order valence-electron chi connectivity index (χ1n) is 6.77. The highest BCUT2D eigenvalue weighted by atomic mass is 35.5. The van der Waals surface area contributed by atoms with Crippen LogP contribution in [0.3, 0.4) is 0 Å². The van der Waals surface area contributed by atoms with Crippen molar-refractivity contribution >= 4 is 17.5 Å². The van der Waals surface area contributed by atoms with Gasteiger partial charge in [-0.1, -0.05) is 13.8 Å². The zero-order valence-corrected chi connectivity index (χ0v) is 12.7. The van der Waals surface area contributed by atoms with E-state index in [1.54, 1.807) is 0 Å². The molecule has 2 atom stereocenters. The van der Waals surface area contributed by atoms with Crippen molar-refractivity contribution < 1.29 is 4.74 Å². The lowest BCUT2D eigenvalue weighted by molar-refractivity contribution is 0.221. The van der Waals surface area contributed by atoms with Gasteiger partial charge in [0, 0.05) is 13.1 Å². The maximum atomic E-state index is 5.96. The molecule has 19 heavy (non-hydrogen) atoms. The maximum Gasteiger partial charge on any atom is 0.322 e. The largest absolute Gasteiger partial charge is 0.461 e. The second-order valence-corrected chi connectivity index (χ2v) is 6.04. The van der Waals surface area contributed by atoms with Crippen LogP contribution < -0.4 is 9.64 Å². The second kappa shape index (κ2) is 5.90. The Labute approximate surface area is 119 Å². The summed E-state index contributed by atoms with van der Waals surface area (Å²) >= 11 is 5.96. The Bertz CT molecular complexity index is 431. The number of hydrogen-bond acceptors (Lipinski definition) is 5. The number of ether oxygens (including phenoxy) is 1. The average Bonchev–Trinajstić information content (AvgIpc) is 2.25. The molecule has 0 N–H and O–H groups in total. The fourth-order valence-electron chi connectivity index (χ4n) is 2.55. The van der Waals surface area contributed by atoms with Crippen molar-refractivity contribution in [2.24, 2.45) is 11.8 Å². The molecule has 1 saturated heterocycles. The highest BCUT2D eigenvalue weighted by molar-refractivity contribution is 6.28. The van der Waals surface area contributed by atoms with Crippen molar-refractivity contribution in [3.8, 4) is 6.01 Å². The van der Waals surface area contributed by atoms with Gasteiger partial charge in [-0.2, -0.15) is 15.0 Å². The van der Waals surface area contributed by atoms with Gasteiger partial charge in [0.1, 0.15) is 0 Å². The molecule has 2 unspecified atom stereocenters. The SMILES string of the molecule is CC1CC(C)CN(c2nc(Cl)nc(OC(C)C)n2)C1. The fraction of sp³-hybridized carbons (Fsp3) is 0.769. The number of rotatable bonds is 3. The van der Waals surface area contributed by atoms with Gasteiger partial charge in [0.2, 0.25) is 11.2 Å². The number of anilines is 1. The lowest BCUT2D eigenvalue weighted by Crippen LogP contribution is -2.39. The number of hydrogen-bond donors (Lipinski definition) is 0. The Kier molecular flexibility index (Phi) is 4.45. The quantitative estimate of drug-likeness (QED) is 0.854. The molecule has 1 aliphatic rings. The molecule has 0 radical (unpaired) electrons. The number of halogens is 1. The van der Waals surface area contributed by atoms with Crippen LogP contribution in [0.2, 0.25) is 5.28 Å². The van der Waals surface area contributed by atoms with Crippen LogP contribution in [0.1, 0.15) is 34.1 Å². The Hall–Kier alpha value is -1.10. The van der Waals surface area contributed by atoms with Crippen molar-refractivity contribution in [2.75, 3.05) is 18.0 Å². The van der Waals surface area contributed by atoms with Crippen molar-refractivity contribution in [1.82, 2.24) is 15.0 Å². The van der Waals surface area contributed by atoms with Crippen molar-refractivity contribution in [2.45, 2.75) is 40.2 Å². The third-order valence-corrected chi connectivity index (χ3v) is 3.24. The lowest BCUT2D eigenvalue weighted by atomic mass is 9.92. The molecule has 2 heterocycles. The van der Waals surface area contributed by atoms with Gasteiger partial charge < -0.3 is 9.64 Å². The van der Waals surface area contributed by atoms with Gasteiger partial charge in [0.05, 0.1) is 6.10 Å². The van der Waals surface area contributed by atoms with E-state index < -0.39 is 0 Å². The van der Waals surface area contributed by atoms with Gasteiger partial charge in [-0.15, -0.1) is 0 Å². The fourth-order valence-corrected chi connectivity index (χ4v) is 2.70. The summed E-state index contributed by atoms with van der Waals surface area (Å²) in [7, 11) is 0. The molecule has 1 aromatic heterocycles. The standard InChI is InChI=1S/C13H21ClN4O/c1-8(2)19-13-16-11(14)15-12(17-13)18-6-9(3)5-10(4)7-18/h8-10H,5-7H2,1-4H3. The van der Waals surface area contributed by atoms with Crippen molar-refractivity contribution in [1.29, 1.82) is 0 Å². The predicted octanol–water partition coefficient (Wildman–Crippen LogP) is 2.79. The van der Waals surface area contributed by atoms with Gasteiger partial charge in [-0.25, -0.2) is 0 Å². The van der Waals surface area contributed by atoms with E-state index >= 15 is 0 Å². The van der Waals surface area contributed by atoms with Crippen LogP contribution in [0.4, 0.5) is 5.95 Å². The van der Waals surface area contributed by atoms with E-state index in [1.165, 1.54) is 6.42 Å². The molecule has 106 valence electrons. The molecule has 6 heteroatoms. The summed E-state index contributed by atoms with van der Waals surface area (Å²) in [6.07, 6.45) is 1.26. The normalized spacial score (nSPS) is 23.8. The summed E-state index contributed by atoms with van der Waals surface area (Å²) in [5.41, 5.74) is 0. The summed E-state index contributed by atoms with van der Waals surface area (Å²) in [5, 5.41) is 0.187. The molecule has 1 aromatic rings. The van der Waals surface area contributed by atoms with Gasteiger partial charge >= 0.3 is 6.01 Å². The maximum absolute atomic E-state index is 5.96. The molecule has 0 aliphatic carbocycles. The van der Waals surface area contributed by atoms with Crippen LogP contribution in [0, 0.1) is 11.8 Å². The Morgan fingerprint density at radius 3 is 2.37 bits per heavy atom. The molecule has 0 bridgehead atoms. The predicted molar refractivity (Wildman–Crippen MR) is 75.8 cm³/mol. The minimum absolute atomic E-state index is 0.0190. The van der Waals surface area contributed by atoms with Crippen LogP contribution in [-0.2, 0) is 0 Å². The molecule has 1 fully saturated rings. The molecule has 5 nitrogen and oxygen atoms in total. The molecule has 0 spiro atoms.